The van der Waals surface area contributed by atoms with E-state index in [1.807, 2.05) is 13.8 Å². The molecule has 0 bridgehead atoms. The van der Waals surface area contributed by atoms with Gasteiger partial charge < -0.3 is 25.1 Å². The van der Waals surface area contributed by atoms with Crippen LogP contribution in [0.3, 0.4) is 0 Å². The van der Waals surface area contributed by atoms with Gasteiger partial charge in [-0.15, -0.1) is 0 Å². The van der Waals surface area contributed by atoms with E-state index in [1.165, 1.54) is 35.5 Å². The lowest BCUT2D eigenvalue weighted by atomic mass is 9.97. The Morgan fingerprint density at radius 2 is 1.82 bits per heavy atom. The molecule has 0 unspecified atom stereocenters. The minimum atomic E-state index is -1.09. The molecular weight excluding hydrogens is 494 g/mol. The minimum Gasteiger partial charge on any atom is -0.468 e. The van der Waals surface area contributed by atoms with Crippen molar-refractivity contribution in [1.29, 1.82) is 0 Å². The fraction of sp³-hybridized carbons (Fsp3) is 0.393. The van der Waals surface area contributed by atoms with Crippen molar-refractivity contribution in [3.05, 3.63) is 89.1 Å². The number of rotatable bonds is 14. The van der Waals surface area contributed by atoms with Crippen molar-refractivity contribution in [3.8, 4) is 0 Å². The third kappa shape index (κ3) is 8.19. The molecule has 2 amide bonds. The summed E-state index contributed by atoms with van der Waals surface area (Å²) in [4.78, 5) is 31.7. The SMILES string of the molecule is CCCNC(=O)c1cncc(C(=O)N(CCC)[C@@H](Cc2cc(F)cc(F)c2)[C@H](O)CNCc2ccco2)c1. The van der Waals surface area contributed by atoms with Gasteiger partial charge in [0.05, 0.1) is 36.1 Å². The number of hydrogen-bond acceptors (Lipinski definition) is 6. The Labute approximate surface area is 221 Å². The molecule has 3 aromatic rings. The number of aliphatic hydroxyl groups is 1. The molecular formula is C28H34F2N4O4. The smallest absolute Gasteiger partial charge is 0.255 e. The maximum absolute atomic E-state index is 14.0. The van der Waals surface area contributed by atoms with Gasteiger partial charge in [0.1, 0.15) is 17.4 Å². The van der Waals surface area contributed by atoms with Crippen molar-refractivity contribution >= 4 is 11.8 Å². The Balaban J connectivity index is 1.88. The van der Waals surface area contributed by atoms with Gasteiger partial charge in [0, 0.05) is 38.1 Å². The Morgan fingerprint density at radius 1 is 1.08 bits per heavy atom. The van der Waals surface area contributed by atoms with Gasteiger partial charge in [-0.25, -0.2) is 8.78 Å². The van der Waals surface area contributed by atoms with Gasteiger partial charge in [0.25, 0.3) is 11.8 Å². The van der Waals surface area contributed by atoms with Crippen molar-refractivity contribution < 1.29 is 27.9 Å². The zero-order valence-electron chi connectivity index (χ0n) is 21.6. The Bertz CT molecular complexity index is 1170. The van der Waals surface area contributed by atoms with E-state index in [0.717, 1.165) is 12.5 Å². The predicted molar refractivity (Wildman–Crippen MR) is 138 cm³/mol. The summed E-state index contributed by atoms with van der Waals surface area (Å²) in [5.74, 6) is -1.60. The molecule has 204 valence electrons. The molecule has 0 fully saturated rings. The number of amides is 2. The molecule has 0 aliphatic rings. The zero-order valence-corrected chi connectivity index (χ0v) is 21.6. The van der Waals surface area contributed by atoms with Gasteiger partial charge in [0.15, 0.2) is 0 Å². The summed E-state index contributed by atoms with van der Waals surface area (Å²) in [5, 5.41) is 17.1. The van der Waals surface area contributed by atoms with Crippen LogP contribution in [0.15, 0.2) is 59.5 Å². The van der Waals surface area contributed by atoms with Gasteiger partial charge >= 0.3 is 0 Å². The van der Waals surface area contributed by atoms with E-state index in [0.29, 0.717) is 30.8 Å². The summed E-state index contributed by atoms with van der Waals surface area (Å²) < 4.78 is 33.2. The van der Waals surface area contributed by atoms with Crippen LogP contribution in [0.5, 0.6) is 0 Å². The molecule has 0 spiro atoms. The van der Waals surface area contributed by atoms with Gasteiger partial charge in [0.2, 0.25) is 0 Å². The minimum absolute atomic E-state index is 0.00806. The van der Waals surface area contributed by atoms with E-state index in [-0.39, 0.29) is 36.5 Å². The van der Waals surface area contributed by atoms with E-state index in [1.54, 1.807) is 18.4 Å². The van der Waals surface area contributed by atoms with Crippen LogP contribution in [0.2, 0.25) is 0 Å². The van der Waals surface area contributed by atoms with Crippen LogP contribution in [-0.2, 0) is 13.0 Å². The van der Waals surface area contributed by atoms with E-state index >= 15 is 0 Å². The third-order valence-corrected chi connectivity index (χ3v) is 5.95. The van der Waals surface area contributed by atoms with E-state index in [9.17, 15) is 23.5 Å². The molecule has 3 N–H and O–H groups in total. The van der Waals surface area contributed by atoms with Crippen molar-refractivity contribution in [2.24, 2.45) is 0 Å². The highest BCUT2D eigenvalue weighted by Gasteiger charge is 2.31. The molecule has 10 heteroatoms. The number of carbonyl (C=O) groups excluding carboxylic acids is 2. The van der Waals surface area contributed by atoms with Crippen LogP contribution >= 0.6 is 0 Å². The Hall–Kier alpha value is -3.63. The molecule has 8 nitrogen and oxygen atoms in total. The quantitative estimate of drug-likeness (QED) is 0.295. The number of pyridine rings is 1. The molecule has 2 heterocycles. The van der Waals surface area contributed by atoms with Gasteiger partial charge in [-0.1, -0.05) is 13.8 Å². The number of nitrogens with zero attached hydrogens (tertiary/aromatic N) is 2. The second-order valence-electron chi connectivity index (χ2n) is 9.04. The maximum Gasteiger partial charge on any atom is 0.255 e. The molecule has 38 heavy (non-hydrogen) atoms. The van der Waals surface area contributed by atoms with Crippen molar-refractivity contribution in [3.63, 3.8) is 0 Å². The van der Waals surface area contributed by atoms with Crippen molar-refractivity contribution in [1.82, 2.24) is 20.5 Å². The van der Waals surface area contributed by atoms with Crippen LogP contribution < -0.4 is 10.6 Å². The molecule has 1 aromatic carbocycles. The summed E-state index contributed by atoms with van der Waals surface area (Å²) in [7, 11) is 0. The first-order valence-corrected chi connectivity index (χ1v) is 12.7. The molecule has 3 rings (SSSR count). The standard InChI is InChI=1S/C28H34F2N4O4/c1-3-7-33-27(36)20-13-21(16-31-15-20)28(37)34(8-4-2)25(12-19-10-22(29)14-23(30)11-19)26(35)18-32-17-24-6-5-9-38-24/h5-6,9-11,13-16,25-26,32,35H,3-4,7-8,12,17-18H2,1-2H3,(H,33,36)/t25-,26+/m0/s1. The third-order valence-electron chi connectivity index (χ3n) is 5.95. The zero-order chi connectivity index (χ0) is 27.5. The van der Waals surface area contributed by atoms with E-state index in [2.05, 4.69) is 15.6 Å². The fourth-order valence-corrected chi connectivity index (χ4v) is 4.16. The second-order valence-corrected chi connectivity index (χ2v) is 9.04. The van der Waals surface area contributed by atoms with E-state index in [4.69, 9.17) is 4.42 Å². The van der Waals surface area contributed by atoms with Crippen LogP contribution in [0.1, 0.15) is 58.7 Å². The second kappa shape index (κ2) is 14.3. The summed E-state index contributed by atoms with van der Waals surface area (Å²) in [6.07, 6.45) is 4.53. The lowest BCUT2D eigenvalue weighted by Gasteiger charge is -2.35. The molecule has 0 aliphatic carbocycles. The molecule has 0 saturated heterocycles. The Morgan fingerprint density at radius 3 is 2.47 bits per heavy atom. The fourth-order valence-electron chi connectivity index (χ4n) is 4.16. The Kier molecular flexibility index (Phi) is 10.9. The highest BCUT2D eigenvalue weighted by atomic mass is 19.1. The van der Waals surface area contributed by atoms with Crippen molar-refractivity contribution in [2.75, 3.05) is 19.6 Å². The maximum atomic E-state index is 14.0. The first-order chi connectivity index (χ1) is 18.3. The first-order valence-electron chi connectivity index (χ1n) is 12.7. The number of benzene rings is 1. The van der Waals surface area contributed by atoms with Gasteiger partial charge in [-0.3, -0.25) is 14.6 Å². The molecule has 2 aromatic heterocycles. The average molecular weight is 529 g/mol. The summed E-state index contributed by atoms with van der Waals surface area (Å²) >= 11 is 0. The van der Waals surface area contributed by atoms with Gasteiger partial charge in [-0.05, 0) is 55.2 Å². The number of nitrogens with one attached hydrogen (secondary N) is 2. The number of aliphatic hydroxyl groups excluding tert-OH is 1. The average Bonchev–Trinajstić information content (AvgIpc) is 3.42. The molecule has 0 aliphatic heterocycles. The number of aromatic nitrogens is 1. The number of halogens is 2. The van der Waals surface area contributed by atoms with Crippen molar-refractivity contribution in [2.45, 2.75) is 51.8 Å². The molecule has 0 saturated carbocycles. The molecule has 0 radical (unpaired) electrons. The van der Waals surface area contributed by atoms with Gasteiger partial charge in [-0.2, -0.15) is 0 Å². The van der Waals surface area contributed by atoms with Crippen LogP contribution in [0.4, 0.5) is 8.78 Å². The summed E-state index contributed by atoms with van der Waals surface area (Å²) in [5.41, 5.74) is 0.719. The predicted octanol–water partition coefficient (Wildman–Crippen LogP) is 3.71. The van der Waals surface area contributed by atoms with Crippen LogP contribution in [0.25, 0.3) is 0 Å². The summed E-state index contributed by atoms with van der Waals surface area (Å²) in [6.45, 7) is 5.01. The lowest BCUT2D eigenvalue weighted by molar-refractivity contribution is 0.0351. The number of carbonyl (C=O) groups is 2. The van der Waals surface area contributed by atoms with E-state index < -0.39 is 29.7 Å². The largest absolute Gasteiger partial charge is 0.468 e. The summed E-state index contributed by atoms with van der Waals surface area (Å²) in [6, 6.07) is 7.32. The lowest BCUT2D eigenvalue weighted by Crippen LogP contribution is -2.51. The highest BCUT2D eigenvalue weighted by Crippen LogP contribution is 2.19. The highest BCUT2D eigenvalue weighted by molar-refractivity contribution is 5.99. The normalized spacial score (nSPS) is 12.7. The monoisotopic (exact) mass is 528 g/mol. The number of hydrogen-bond donors (Lipinski definition) is 3. The van der Waals surface area contributed by atoms with Crippen LogP contribution in [0, 0.1) is 11.6 Å². The first kappa shape index (κ1) is 28.9. The van der Waals surface area contributed by atoms with Crippen LogP contribution in [-0.4, -0.2) is 58.6 Å². The molecule has 2 atom stereocenters. The topological polar surface area (TPSA) is 108 Å². The number of furan rings is 1.